The van der Waals surface area contributed by atoms with E-state index in [0.717, 1.165) is 31.5 Å². The molecule has 1 heterocycles. The number of fused-ring (bicyclic) bond motifs is 1. The van der Waals surface area contributed by atoms with E-state index >= 15 is 0 Å². The predicted molar refractivity (Wildman–Crippen MR) is 83.5 cm³/mol. The highest BCUT2D eigenvalue weighted by Gasteiger charge is 2.16. The summed E-state index contributed by atoms with van der Waals surface area (Å²) in [6, 6.07) is 6.85. The summed E-state index contributed by atoms with van der Waals surface area (Å²) in [5.74, 6) is 0.159. The molecule has 1 aromatic rings. The van der Waals surface area contributed by atoms with Gasteiger partial charge in [0, 0.05) is 12.6 Å². The highest BCUT2D eigenvalue weighted by molar-refractivity contribution is 5.85. The Morgan fingerprint density at radius 2 is 2.10 bits per heavy atom. The highest BCUT2D eigenvalue weighted by Crippen LogP contribution is 2.23. The number of aryl methyl sites for hydroxylation is 2. The van der Waals surface area contributed by atoms with Crippen LogP contribution in [0.4, 0.5) is 0 Å². The number of amides is 1. The van der Waals surface area contributed by atoms with E-state index in [4.69, 9.17) is 0 Å². The third-order valence-electron chi connectivity index (χ3n) is 4.19. The number of benzene rings is 1. The summed E-state index contributed by atoms with van der Waals surface area (Å²) in [7, 11) is 0. The van der Waals surface area contributed by atoms with E-state index < -0.39 is 0 Å². The van der Waals surface area contributed by atoms with Crippen LogP contribution in [-0.4, -0.2) is 25.0 Å². The van der Waals surface area contributed by atoms with E-state index in [1.54, 1.807) is 0 Å². The number of piperidine rings is 1. The van der Waals surface area contributed by atoms with Crippen molar-refractivity contribution in [3.8, 4) is 0 Å². The summed E-state index contributed by atoms with van der Waals surface area (Å²) in [5.41, 5.74) is 4.08. The van der Waals surface area contributed by atoms with Gasteiger partial charge < -0.3 is 10.6 Å². The second-order valence-electron chi connectivity index (χ2n) is 5.74. The van der Waals surface area contributed by atoms with E-state index in [1.807, 2.05) is 0 Å². The van der Waals surface area contributed by atoms with Crippen molar-refractivity contribution < 1.29 is 4.79 Å². The molecular weight excluding hydrogens is 272 g/mol. The van der Waals surface area contributed by atoms with Crippen LogP contribution in [0.15, 0.2) is 18.2 Å². The highest BCUT2D eigenvalue weighted by atomic mass is 35.5. The first-order valence-corrected chi connectivity index (χ1v) is 7.42. The van der Waals surface area contributed by atoms with Crippen molar-refractivity contribution in [3.63, 3.8) is 0 Å². The molecule has 0 radical (unpaired) electrons. The Balaban J connectivity index is 0.00000147. The molecule has 3 nitrogen and oxygen atoms in total. The zero-order chi connectivity index (χ0) is 13.1. The van der Waals surface area contributed by atoms with Gasteiger partial charge in [0.1, 0.15) is 0 Å². The maximum absolute atomic E-state index is 12.0. The van der Waals surface area contributed by atoms with Crippen LogP contribution >= 0.6 is 12.4 Å². The molecule has 1 fully saturated rings. The van der Waals surface area contributed by atoms with Gasteiger partial charge in [0.15, 0.2) is 0 Å². The molecule has 110 valence electrons. The molecule has 1 aliphatic carbocycles. The van der Waals surface area contributed by atoms with Crippen molar-refractivity contribution in [2.75, 3.05) is 13.1 Å². The number of carbonyl (C=O) groups is 1. The molecule has 0 bridgehead atoms. The van der Waals surface area contributed by atoms with Gasteiger partial charge in [0.25, 0.3) is 0 Å². The van der Waals surface area contributed by atoms with Gasteiger partial charge in [-0.2, -0.15) is 0 Å². The minimum absolute atomic E-state index is 0. The van der Waals surface area contributed by atoms with E-state index in [2.05, 4.69) is 28.8 Å². The Bertz CT molecular complexity index is 470. The first-order valence-electron chi connectivity index (χ1n) is 7.42. The molecule has 4 heteroatoms. The summed E-state index contributed by atoms with van der Waals surface area (Å²) >= 11 is 0. The fourth-order valence-electron chi connectivity index (χ4n) is 3.17. The molecule has 1 amide bonds. The summed E-state index contributed by atoms with van der Waals surface area (Å²) in [4.78, 5) is 12.0. The first kappa shape index (κ1) is 15.3. The fraction of sp³-hybridized carbons (Fsp3) is 0.562. The van der Waals surface area contributed by atoms with Crippen LogP contribution in [-0.2, 0) is 24.1 Å². The molecule has 2 N–H and O–H groups in total. The number of hydrogen-bond donors (Lipinski definition) is 2. The van der Waals surface area contributed by atoms with E-state index in [9.17, 15) is 4.79 Å². The molecule has 0 spiro atoms. The van der Waals surface area contributed by atoms with Gasteiger partial charge in [0.05, 0.1) is 6.42 Å². The zero-order valence-corrected chi connectivity index (χ0v) is 12.6. The van der Waals surface area contributed by atoms with Crippen molar-refractivity contribution in [2.24, 2.45) is 0 Å². The van der Waals surface area contributed by atoms with Gasteiger partial charge in [-0.3, -0.25) is 4.79 Å². The molecular formula is C16H23ClN2O. The number of rotatable bonds is 3. The van der Waals surface area contributed by atoms with Crippen molar-refractivity contribution in [1.82, 2.24) is 10.6 Å². The van der Waals surface area contributed by atoms with Gasteiger partial charge in [-0.05, 0) is 55.3 Å². The Hall–Kier alpha value is -1.06. The van der Waals surface area contributed by atoms with Crippen LogP contribution in [0, 0.1) is 0 Å². The fourth-order valence-corrected chi connectivity index (χ4v) is 3.17. The van der Waals surface area contributed by atoms with Gasteiger partial charge >= 0.3 is 0 Å². The van der Waals surface area contributed by atoms with Crippen LogP contribution in [0.1, 0.15) is 36.0 Å². The molecule has 2 aliphatic rings. The third-order valence-corrected chi connectivity index (χ3v) is 4.19. The molecule has 0 saturated carbocycles. The second-order valence-corrected chi connectivity index (χ2v) is 5.74. The number of halogens is 1. The van der Waals surface area contributed by atoms with Crippen molar-refractivity contribution in [3.05, 3.63) is 34.9 Å². The van der Waals surface area contributed by atoms with E-state index in [1.165, 1.54) is 30.4 Å². The van der Waals surface area contributed by atoms with Crippen LogP contribution in [0.5, 0.6) is 0 Å². The van der Waals surface area contributed by atoms with Gasteiger partial charge in [-0.15, -0.1) is 12.4 Å². The monoisotopic (exact) mass is 294 g/mol. The average molecular weight is 295 g/mol. The lowest BCUT2D eigenvalue weighted by molar-refractivity contribution is -0.121. The molecule has 0 aromatic heterocycles. The third kappa shape index (κ3) is 3.74. The Morgan fingerprint density at radius 1 is 1.25 bits per heavy atom. The summed E-state index contributed by atoms with van der Waals surface area (Å²) in [6.07, 6.45) is 6.42. The average Bonchev–Trinajstić information content (AvgIpc) is 2.87. The van der Waals surface area contributed by atoms with Gasteiger partial charge in [0.2, 0.25) is 5.91 Å². The van der Waals surface area contributed by atoms with Crippen LogP contribution in [0.2, 0.25) is 0 Å². The minimum Gasteiger partial charge on any atom is -0.352 e. The van der Waals surface area contributed by atoms with Crippen molar-refractivity contribution in [1.29, 1.82) is 0 Å². The largest absolute Gasteiger partial charge is 0.352 e. The summed E-state index contributed by atoms with van der Waals surface area (Å²) in [6.45, 7) is 1.99. The van der Waals surface area contributed by atoms with E-state index in [0.29, 0.717) is 12.5 Å². The molecule has 1 atom stereocenters. The van der Waals surface area contributed by atoms with Crippen molar-refractivity contribution >= 4 is 18.3 Å². The van der Waals surface area contributed by atoms with Crippen LogP contribution in [0.25, 0.3) is 0 Å². The van der Waals surface area contributed by atoms with Gasteiger partial charge in [-0.25, -0.2) is 0 Å². The normalized spacial score (nSPS) is 20.9. The zero-order valence-electron chi connectivity index (χ0n) is 11.8. The second kappa shape index (κ2) is 7.09. The lowest BCUT2D eigenvalue weighted by Crippen LogP contribution is -2.46. The van der Waals surface area contributed by atoms with E-state index in [-0.39, 0.29) is 18.3 Å². The SMILES string of the molecule is Cl.O=C(Cc1ccc2c(c1)CCC2)N[C@H]1CCCNC1. The molecule has 1 aliphatic heterocycles. The lowest BCUT2D eigenvalue weighted by Gasteiger charge is -2.23. The molecule has 3 rings (SSSR count). The maximum Gasteiger partial charge on any atom is 0.224 e. The standard InChI is InChI=1S/C16H22N2O.ClH/c19-16(18-15-5-2-8-17-11-15)10-12-6-7-13-3-1-4-14(13)9-12;/h6-7,9,15,17H,1-5,8,10-11H2,(H,18,19);1H/t15-;/m0./s1. The van der Waals surface area contributed by atoms with Gasteiger partial charge in [-0.1, -0.05) is 18.2 Å². The molecule has 20 heavy (non-hydrogen) atoms. The van der Waals surface area contributed by atoms with Crippen molar-refractivity contribution in [2.45, 2.75) is 44.6 Å². The maximum atomic E-state index is 12.0. The lowest BCUT2D eigenvalue weighted by atomic mass is 10.0. The van der Waals surface area contributed by atoms with Crippen LogP contribution < -0.4 is 10.6 Å². The summed E-state index contributed by atoms with van der Waals surface area (Å²) in [5, 5.41) is 6.46. The minimum atomic E-state index is 0. The molecule has 0 unspecified atom stereocenters. The topological polar surface area (TPSA) is 41.1 Å². The Morgan fingerprint density at radius 3 is 2.90 bits per heavy atom. The molecule has 1 aromatic carbocycles. The Labute approximate surface area is 126 Å². The predicted octanol–water partition coefficient (Wildman–Crippen LogP) is 2.01. The Kier molecular flexibility index (Phi) is 5.44. The van der Waals surface area contributed by atoms with Crippen LogP contribution in [0.3, 0.4) is 0 Å². The molecule has 1 saturated heterocycles. The summed E-state index contributed by atoms with van der Waals surface area (Å²) < 4.78 is 0. The number of nitrogens with one attached hydrogen (secondary N) is 2. The first-order chi connectivity index (χ1) is 9.31. The number of carbonyl (C=O) groups excluding carboxylic acids is 1. The smallest absolute Gasteiger partial charge is 0.224 e. The quantitative estimate of drug-likeness (QED) is 0.895. The number of hydrogen-bond acceptors (Lipinski definition) is 2.